The van der Waals surface area contributed by atoms with E-state index in [9.17, 15) is 14.7 Å². The standard InChI is InChI=1S/C30H38N2O4/c1-4-7-11-22-36-25-17-15-24(16-18-25)28-27(26(33)19-14-23-12-9-8-10-13-23)29(34)30(35)32(28)21-20-31(5-2)6-3/h8-10,12-19,28,34H,4-7,11,20-22H2,1-3H3/b19-14+. The van der Waals surface area contributed by atoms with E-state index in [4.69, 9.17) is 4.74 Å². The van der Waals surface area contributed by atoms with Crippen molar-refractivity contribution in [3.63, 3.8) is 0 Å². The van der Waals surface area contributed by atoms with E-state index in [1.54, 1.807) is 11.0 Å². The smallest absolute Gasteiger partial charge is 0.290 e. The number of carbonyl (C=O) groups excluding carboxylic acids is 2. The molecule has 192 valence electrons. The van der Waals surface area contributed by atoms with Crippen LogP contribution in [-0.2, 0) is 9.59 Å². The summed E-state index contributed by atoms with van der Waals surface area (Å²) in [6.07, 6.45) is 6.39. The topological polar surface area (TPSA) is 70.1 Å². The normalized spacial score (nSPS) is 15.9. The van der Waals surface area contributed by atoms with Gasteiger partial charge in [0.15, 0.2) is 11.5 Å². The van der Waals surface area contributed by atoms with Crippen molar-refractivity contribution >= 4 is 17.8 Å². The van der Waals surface area contributed by atoms with Gasteiger partial charge in [0.2, 0.25) is 0 Å². The molecule has 0 spiro atoms. The fourth-order valence-corrected chi connectivity index (χ4v) is 4.39. The summed E-state index contributed by atoms with van der Waals surface area (Å²) in [6, 6.07) is 16.3. The molecular formula is C30H38N2O4. The van der Waals surface area contributed by atoms with E-state index in [-0.39, 0.29) is 11.4 Å². The van der Waals surface area contributed by atoms with Crippen LogP contribution in [0.1, 0.15) is 57.2 Å². The quantitative estimate of drug-likeness (QED) is 0.277. The van der Waals surface area contributed by atoms with Crippen molar-refractivity contribution < 1.29 is 19.4 Å². The Morgan fingerprint density at radius 1 is 1.03 bits per heavy atom. The molecule has 1 atom stereocenters. The summed E-state index contributed by atoms with van der Waals surface area (Å²) >= 11 is 0. The van der Waals surface area contributed by atoms with Crippen molar-refractivity contribution in [1.82, 2.24) is 9.80 Å². The lowest BCUT2D eigenvalue weighted by molar-refractivity contribution is -0.129. The van der Waals surface area contributed by atoms with Crippen LogP contribution in [0, 0.1) is 0 Å². The molecule has 1 aliphatic rings. The van der Waals surface area contributed by atoms with E-state index in [2.05, 4.69) is 25.7 Å². The highest BCUT2D eigenvalue weighted by Crippen LogP contribution is 2.38. The van der Waals surface area contributed by atoms with Crippen LogP contribution < -0.4 is 4.74 Å². The molecule has 0 radical (unpaired) electrons. The van der Waals surface area contributed by atoms with Gasteiger partial charge in [-0.25, -0.2) is 0 Å². The number of allylic oxidation sites excluding steroid dienone is 1. The Balaban J connectivity index is 1.88. The third-order valence-electron chi connectivity index (χ3n) is 6.56. The first-order chi connectivity index (χ1) is 17.5. The second-order valence-electron chi connectivity index (χ2n) is 8.92. The number of ether oxygens (including phenoxy) is 1. The number of likely N-dealkylation sites (N-methyl/N-ethyl adjacent to an activating group) is 1. The minimum Gasteiger partial charge on any atom is -0.503 e. The van der Waals surface area contributed by atoms with Gasteiger partial charge in [-0.1, -0.05) is 82.2 Å². The van der Waals surface area contributed by atoms with Gasteiger partial charge in [0.05, 0.1) is 18.2 Å². The van der Waals surface area contributed by atoms with E-state index >= 15 is 0 Å². The molecule has 1 N–H and O–H groups in total. The van der Waals surface area contributed by atoms with Gasteiger partial charge < -0.3 is 19.6 Å². The second kappa shape index (κ2) is 13.6. The van der Waals surface area contributed by atoms with Crippen molar-refractivity contribution in [1.29, 1.82) is 0 Å². The molecular weight excluding hydrogens is 452 g/mol. The molecule has 2 aromatic rings. The van der Waals surface area contributed by atoms with Crippen molar-refractivity contribution in [3.8, 4) is 5.75 Å². The Hall–Kier alpha value is -3.38. The molecule has 1 heterocycles. The Morgan fingerprint density at radius 2 is 1.72 bits per heavy atom. The monoisotopic (exact) mass is 490 g/mol. The number of hydrogen-bond acceptors (Lipinski definition) is 5. The number of aliphatic hydroxyl groups excluding tert-OH is 1. The third kappa shape index (κ3) is 6.85. The van der Waals surface area contributed by atoms with E-state index in [0.29, 0.717) is 19.7 Å². The number of benzene rings is 2. The van der Waals surface area contributed by atoms with Crippen LogP contribution in [0.25, 0.3) is 6.08 Å². The Morgan fingerprint density at radius 3 is 2.36 bits per heavy atom. The van der Waals surface area contributed by atoms with Gasteiger partial charge in [-0.15, -0.1) is 0 Å². The van der Waals surface area contributed by atoms with Crippen LogP contribution in [0.4, 0.5) is 0 Å². The predicted octanol–water partition coefficient (Wildman–Crippen LogP) is 5.58. The van der Waals surface area contributed by atoms with Crippen LogP contribution in [0.2, 0.25) is 0 Å². The number of aliphatic hydroxyl groups is 1. The second-order valence-corrected chi connectivity index (χ2v) is 8.92. The van der Waals surface area contributed by atoms with Crippen LogP contribution in [0.15, 0.2) is 72.0 Å². The SMILES string of the molecule is CCCCCOc1ccc(C2C(C(=O)/C=C/c3ccccc3)=C(O)C(=O)N2CCN(CC)CC)cc1. The molecule has 1 unspecified atom stereocenters. The van der Waals surface area contributed by atoms with Crippen LogP contribution in [0.3, 0.4) is 0 Å². The Labute approximate surface area is 214 Å². The van der Waals surface area contributed by atoms with Crippen molar-refractivity contribution in [2.24, 2.45) is 0 Å². The number of rotatable bonds is 14. The van der Waals surface area contributed by atoms with Crippen molar-refractivity contribution in [3.05, 3.63) is 83.1 Å². The highest BCUT2D eigenvalue weighted by molar-refractivity contribution is 6.14. The van der Waals surface area contributed by atoms with Crippen LogP contribution in [-0.4, -0.2) is 59.4 Å². The summed E-state index contributed by atoms with van der Waals surface area (Å²) in [5.41, 5.74) is 1.75. The van der Waals surface area contributed by atoms with E-state index < -0.39 is 17.7 Å². The molecule has 0 aromatic heterocycles. The van der Waals surface area contributed by atoms with Crippen molar-refractivity contribution in [2.75, 3.05) is 32.8 Å². The summed E-state index contributed by atoms with van der Waals surface area (Å²) < 4.78 is 5.84. The molecule has 1 amide bonds. The lowest BCUT2D eigenvalue weighted by Crippen LogP contribution is -2.38. The summed E-state index contributed by atoms with van der Waals surface area (Å²) in [6.45, 7) is 9.74. The summed E-state index contributed by atoms with van der Waals surface area (Å²) in [5, 5.41) is 10.8. The molecule has 0 fully saturated rings. The van der Waals surface area contributed by atoms with Gasteiger partial charge >= 0.3 is 0 Å². The highest BCUT2D eigenvalue weighted by atomic mass is 16.5. The molecule has 0 aliphatic carbocycles. The maximum atomic E-state index is 13.3. The molecule has 0 saturated carbocycles. The minimum atomic E-state index is -0.657. The number of unbranched alkanes of at least 4 members (excludes halogenated alkanes) is 2. The molecule has 6 heteroatoms. The zero-order valence-corrected chi connectivity index (χ0v) is 21.7. The summed E-state index contributed by atoms with van der Waals surface area (Å²) in [7, 11) is 0. The number of amides is 1. The van der Waals surface area contributed by atoms with Gasteiger partial charge in [0.1, 0.15) is 5.75 Å². The summed E-state index contributed by atoms with van der Waals surface area (Å²) in [5.74, 6) is -0.607. The number of hydrogen-bond donors (Lipinski definition) is 1. The maximum Gasteiger partial charge on any atom is 0.290 e. The van der Waals surface area contributed by atoms with Crippen LogP contribution >= 0.6 is 0 Å². The van der Waals surface area contributed by atoms with Gasteiger partial charge in [-0.3, -0.25) is 9.59 Å². The Bertz CT molecular complexity index is 1060. The molecule has 36 heavy (non-hydrogen) atoms. The first-order valence-corrected chi connectivity index (χ1v) is 13.0. The molecule has 0 bridgehead atoms. The van der Waals surface area contributed by atoms with E-state index in [1.165, 1.54) is 6.08 Å². The van der Waals surface area contributed by atoms with Gasteiger partial charge in [-0.2, -0.15) is 0 Å². The predicted molar refractivity (Wildman–Crippen MR) is 144 cm³/mol. The lowest BCUT2D eigenvalue weighted by Gasteiger charge is -2.29. The largest absolute Gasteiger partial charge is 0.503 e. The Kier molecular flexibility index (Phi) is 10.3. The number of nitrogens with zero attached hydrogens (tertiary/aromatic N) is 2. The first-order valence-electron chi connectivity index (χ1n) is 13.0. The zero-order valence-electron chi connectivity index (χ0n) is 21.7. The number of carbonyl (C=O) groups is 2. The van der Waals surface area contributed by atoms with E-state index in [1.807, 2.05) is 54.6 Å². The summed E-state index contributed by atoms with van der Waals surface area (Å²) in [4.78, 5) is 30.3. The molecule has 1 aliphatic heterocycles. The van der Waals surface area contributed by atoms with Crippen LogP contribution in [0.5, 0.6) is 5.75 Å². The third-order valence-corrected chi connectivity index (χ3v) is 6.56. The molecule has 6 nitrogen and oxygen atoms in total. The average molecular weight is 491 g/mol. The van der Waals surface area contributed by atoms with Gasteiger partial charge in [0, 0.05) is 13.1 Å². The fraction of sp³-hybridized carbons (Fsp3) is 0.400. The lowest BCUT2D eigenvalue weighted by atomic mass is 9.95. The highest BCUT2D eigenvalue weighted by Gasteiger charge is 2.42. The maximum absolute atomic E-state index is 13.3. The van der Waals surface area contributed by atoms with Gasteiger partial charge in [0.25, 0.3) is 5.91 Å². The van der Waals surface area contributed by atoms with Crippen molar-refractivity contribution in [2.45, 2.75) is 46.1 Å². The van der Waals surface area contributed by atoms with Gasteiger partial charge in [-0.05, 0) is 48.8 Å². The minimum absolute atomic E-state index is 0.114. The zero-order chi connectivity index (χ0) is 25.9. The molecule has 2 aromatic carbocycles. The average Bonchev–Trinajstić information content (AvgIpc) is 3.16. The molecule has 0 saturated heterocycles. The fourth-order valence-electron chi connectivity index (χ4n) is 4.39. The molecule has 3 rings (SSSR count). The number of ketones is 1. The van der Waals surface area contributed by atoms with E-state index in [0.717, 1.165) is 49.2 Å². The first kappa shape index (κ1) is 27.2.